The number of unbranched alkanes of at least 4 members (excludes halogenated alkanes) is 2. The Morgan fingerprint density at radius 2 is 1.24 bits per heavy atom. The molecule has 0 spiro atoms. The molecule has 0 bridgehead atoms. The predicted octanol–water partition coefficient (Wildman–Crippen LogP) is 6.56. The second kappa shape index (κ2) is 15.6. The Morgan fingerprint density at radius 3 is 1.59 bits per heavy atom. The van der Waals surface area contributed by atoms with Crippen molar-refractivity contribution >= 4 is 23.1 Å². The van der Waals surface area contributed by atoms with Crippen molar-refractivity contribution in [1.29, 1.82) is 0 Å². The second-order valence-corrected chi connectivity index (χ2v) is 15.0. The topological polar surface area (TPSA) is 54.0 Å². The molecule has 7 heteroatoms. The first-order valence-corrected chi connectivity index (χ1v) is 16.3. The van der Waals surface area contributed by atoms with Crippen LogP contribution in [-0.2, 0) is 22.5 Å². The van der Waals surface area contributed by atoms with Gasteiger partial charge in [-0.2, -0.15) is 0 Å². The van der Waals surface area contributed by atoms with Gasteiger partial charge in [0.25, 0.3) is 14.3 Å². The van der Waals surface area contributed by atoms with Crippen LogP contribution < -0.4 is 0 Å². The summed E-state index contributed by atoms with van der Waals surface area (Å²) in [5.41, 5.74) is 0.476. The smallest absolute Gasteiger partial charge is 0.501 e. The van der Waals surface area contributed by atoms with Crippen LogP contribution in [0.4, 0.5) is 0 Å². The van der Waals surface area contributed by atoms with Gasteiger partial charge < -0.3 is 17.7 Å². The normalized spacial score (nSPS) is 14.6. The van der Waals surface area contributed by atoms with Crippen molar-refractivity contribution in [1.82, 2.24) is 0 Å². The number of carbonyl (C=O) groups excluding carboxylic acids is 1. The highest BCUT2D eigenvalue weighted by atomic mass is 28.4. The van der Waals surface area contributed by atoms with Gasteiger partial charge in [-0.25, -0.2) is 0 Å². The van der Waals surface area contributed by atoms with Crippen molar-refractivity contribution in [3.8, 4) is 0 Å². The third kappa shape index (κ3) is 9.64. The zero-order valence-corrected chi connectivity index (χ0v) is 22.5. The third-order valence-corrected chi connectivity index (χ3v) is 14.3. The SMILES string of the molecule is CCCC[Si](CCCC)(OC(=O)C(C)C[Si](OCC)(OCC)OCC)C(C)CC. The lowest BCUT2D eigenvalue weighted by atomic mass is 10.2. The first kappa shape index (κ1) is 28.8. The zero-order chi connectivity index (χ0) is 22.3. The first-order valence-electron chi connectivity index (χ1n) is 11.9. The molecule has 0 aromatic heterocycles. The van der Waals surface area contributed by atoms with E-state index in [1.54, 1.807) is 0 Å². The lowest BCUT2D eigenvalue weighted by molar-refractivity contribution is -0.139. The Hall–Kier alpha value is -0.216. The fourth-order valence-electron chi connectivity index (χ4n) is 3.87. The van der Waals surface area contributed by atoms with Gasteiger partial charge in [0.15, 0.2) is 0 Å². The van der Waals surface area contributed by atoms with E-state index in [1.165, 1.54) is 0 Å². The lowest BCUT2D eigenvalue weighted by Crippen LogP contribution is -2.50. The van der Waals surface area contributed by atoms with Gasteiger partial charge >= 0.3 is 8.80 Å². The van der Waals surface area contributed by atoms with E-state index in [9.17, 15) is 4.79 Å². The number of hydrogen-bond donors (Lipinski definition) is 0. The predicted molar refractivity (Wildman–Crippen MR) is 126 cm³/mol. The van der Waals surface area contributed by atoms with Crippen molar-refractivity contribution in [2.45, 2.75) is 111 Å². The Balaban J connectivity index is 5.51. The van der Waals surface area contributed by atoms with Crippen LogP contribution in [0.3, 0.4) is 0 Å². The summed E-state index contributed by atoms with van der Waals surface area (Å²) in [6.45, 7) is 18.3. The Kier molecular flexibility index (Phi) is 15.4. The molecule has 5 nitrogen and oxygen atoms in total. The van der Waals surface area contributed by atoms with Gasteiger partial charge in [-0.15, -0.1) is 0 Å². The van der Waals surface area contributed by atoms with Crippen LogP contribution >= 0.6 is 0 Å². The molecule has 0 aromatic rings. The Morgan fingerprint density at radius 1 is 0.793 bits per heavy atom. The molecule has 0 heterocycles. The second-order valence-electron chi connectivity index (χ2n) is 8.09. The molecule has 0 saturated carbocycles. The highest BCUT2D eigenvalue weighted by molar-refractivity contribution is 6.76. The van der Waals surface area contributed by atoms with E-state index in [4.69, 9.17) is 17.7 Å². The summed E-state index contributed by atoms with van der Waals surface area (Å²) in [6, 6.07) is 2.62. The maximum atomic E-state index is 13.3. The van der Waals surface area contributed by atoms with E-state index in [0.29, 0.717) is 31.4 Å². The van der Waals surface area contributed by atoms with E-state index >= 15 is 0 Å². The quantitative estimate of drug-likeness (QED) is 0.222. The lowest BCUT2D eigenvalue weighted by Gasteiger charge is -2.38. The first-order chi connectivity index (χ1) is 13.8. The van der Waals surface area contributed by atoms with Crippen molar-refractivity contribution in [2.75, 3.05) is 19.8 Å². The average Bonchev–Trinajstić information content (AvgIpc) is 2.69. The molecular formula is C22H48O5Si2. The minimum absolute atomic E-state index is 0.0832. The molecule has 0 aliphatic rings. The van der Waals surface area contributed by atoms with Gasteiger partial charge in [0.05, 0.1) is 5.92 Å². The highest BCUT2D eigenvalue weighted by Crippen LogP contribution is 2.37. The molecule has 0 saturated heterocycles. The van der Waals surface area contributed by atoms with Crippen LogP contribution in [0.15, 0.2) is 0 Å². The van der Waals surface area contributed by atoms with Gasteiger partial charge in [0, 0.05) is 25.9 Å². The molecule has 0 rings (SSSR count). The van der Waals surface area contributed by atoms with Gasteiger partial charge in [0.1, 0.15) is 0 Å². The zero-order valence-electron chi connectivity index (χ0n) is 20.5. The van der Waals surface area contributed by atoms with Crippen LogP contribution in [0.1, 0.15) is 87.5 Å². The summed E-state index contributed by atoms with van der Waals surface area (Å²) in [7, 11) is -5.02. The van der Waals surface area contributed by atoms with Gasteiger partial charge in [-0.05, 0) is 38.4 Å². The molecule has 0 aliphatic carbocycles. The number of hydrogen-bond acceptors (Lipinski definition) is 5. The monoisotopic (exact) mass is 448 g/mol. The minimum atomic E-state index is -2.87. The summed E-state index contributed by atoms with van der Waals surface area (Å²) in [6.07, 6.45) is 5.62. The molecule has 0 aliphatic heterocycles. The van der Waals surface area contributed by atoms with Crippen molar-refractivity contribution in [2.24, 2.45) is 5.92 Å². The number of carbonyl (C=O) groups is 1. The summed E-state index contributed by atoms with van der Waals surface area (Å²) in [4.78, 5) is 13.3. The van der Waals surface area contributed by atoms with E-state index in [0.717, 1.165) is 44.2 Å². The van der Waals surface area contributed by atoms with E-state index in [1.807, 2.05) is 27.7 Å². The molecule has 0 radical (unpaired) electrons. The van der Waals surface area contributed by atoms with Crippen LogP contribution in [-0.4, -0.2) is 42.9 Å². The molecule has 0 aromatic carbocycles. The minimum Gasteiger partial charge on any atom is -0.519 e. The van der Waals surface area contributed by atoms with Crippen LogP contribution in [0.2, 0.25) is 23.7 Å². The molecule has 0 N–H and O–H groups in total. The summed E-state index contributed by atoms with van der Waals surface area (Å²) >= 11 is 0. The van der Waals surface area contributed by atoms with E-state index in [-0.39, 0.29) is 11.9 Å². The molecule has 0 amide bonds. The van der Waals surface area contributed by atoms with E-state index < -0.39 is 17.1 Å². The Labute approximate surface area is 182 Å². The number of rotatable bonds is 18. The largest absolute Gasteiger partial charge is 0.519 e. The maximum absolute atomic E-state index is 13.3. The summed E-state index contributed by atoms with van der Waals surface area (Å²) in [5.74, 6) is -0.370. The molecular weight excluding hydrogens is 400 g/mol. The Bertz CT molecular complexity index is 408. The molecule has 2 unspecified atom stereocenters. The standard InChI is InChI=1S/C22H48O5Si2/c1-9-15-17-28(18-16-10-2,21(8)11-3)27-22(23)20(7)19-29(24-12-4,25-13-5)26-14-6/h20-21H,9-19H2,1-8H3. The van der Waals surface area contributed by atoms with Gasteiger partial charge in [-0.3, -0.25) is 4.79 Å². The van der Waals surface area contributed by atoms with Gasteiger partial charge in [0.2, 0.25) is 0 Å². The van der Waals surface area contributed by atoms with Crippen molar-refractivity contribution in [3.63, 3.8) is 0 Å². The third-order valence-electron chi connectivity index (χ3n) is 5.77. The van der Waals surface area contributed by atoms with E-state index in [2.05, 4.69) is 27.7 Å². The van der Waals surface area contributed by atoms with Crippen LogP contribution in [0, 0.1) is 5.92 Å². The molecule has 174 valence electrons. The molecule has 0 fully saturated rings. The van der Waals surface area contributed by atoms with Crippen molar-refractivity contribution < 1.29 is 22.5 Å². The molecule has 2 atom stereocenters. The maximum Gasteiger partial charge on any atom is 0.501 e. The fourth-order valence-corrected chi connectivity index (χ4v) is 11.6. The average molecular weight is 449 g/mol. The van der Waals surface area contributed by atoms with Gasteiger partial charge in [-0.1, -0.05) is 66.7 Å². The summed E-state index contributed by atoms with van der Waals surface area (Å²) in [5, 5.41) is 0. The van der Waals surface area contributed by atoms with Crippen molar-refractivity contribution in [3.05, 3.63) is 0 Å². The summed E-state index contributed by atoms with van der Waals surface area (Å²) < 4.78 is 24.4. The fraction of sp³-hybridized carbons (Fsp3) is 0.955. The van der Waals surface area contributed by atoms with Crippen LogP contribution in [0.5, 0.6) is 0 Å². The van der Waals surface area contributed by atoms with Crippen LogP contribution in [0.25, 0.3) is 0 Å². The highest BCUT2D eigenvalue weighted by Gasteiger charge is 2.47. The molecule has 29 heavy (non-hydrogen) atoms.